The standard InChI is InChI=1S/C15H18N4O3/c1-9-8-12(18-22-9)15(20)19-6-4-11(5-7-19)14-17-16-13(21-14)10-2-3-10/h8,10-11H,2-7H2,1H3. The summed E-state index contributed by atoms with van der Waals surface area (Å²) in [6.45, 7) is 3.14. The first-order valence-corrected chi connectivity index (χ1v) is 7.76. The zero-order chi connectivity index (χ0) is 15.1. The number of likely N-dealkylation sites (tertiary alicyclic amines) is 1. The van der Waals surface area contributed by atoms with Crippen LogP contribution in [0.1, 0.15) is 65.5 Å². The number of hydrogen-bond donors (Lipinski definition) is 0. The molecule has 2 aromatic rings. The summed E-state index contributed by atoms with van der Waals surface area (Å²) in [5.41, 5.74) is 0.379. The molecule has 0 unspecified atom stereocenters. The van der Waals surface area contributed by atoms with E-state index in [1.165, 1.54) is 0 Å². The highest BCUT2D eigenvalue weighted by Crippen LogP contribution is 2.40. The molecule has 1 aliphatic carbocycles. The van der Waals surface area contributed by atoms with Gasteiger partial charge in [-0.15, -0.1) is 10.2 Å². The number of carbonyl (C=O) groups excluding carboxylic acids is 1. The summed E-state index contributed by atoms with van der Waals surface area (Å²) in [5, 5.41) is 12.1. The minimum absolute atomic E-state index is 0.0699. The Labute approximate surface area is 127 Å². The Hall–Kier alpha value is -2.18. The molecule has 7 nitrogen and oxygen atoms in total. The number of nitrogens with zero attached hydrogens (tertiary/aromatic N) is 4. The smallest absolute Gasteiger partial charge is 0.276 e. The van der Waals surface area contributed by atoms with Crippen molar-refractivity contribution in [2.75, 3.05) is 13.1 Å². The first-order valence-electron chi connectivity index (χ1n) is 7.76. The van der Waals surface area contributed by atoms with Crippen molar-refractivity contribution in [2.45, 2.75) is 44.4 Å². The maximum absolute atomic E-state index is 12.3. The predicted octanol–water partition coefficient (Wildman–Crippen LogP) is 2.26. The molecule has 22 heavy (non-hydrogen) atoms. The van der Waals surface area contributed by atoms with Gasteiger partial charge in [0.05, 0.1) is 0 Å². The highest BCUT2D eigenvalue weighted by Gasteiger charge is 2.32. The third-order valence-electron chi connectivity index (χ3n) is 4.36. The Balaban J connectivity index is 1.38. The fourth-order valence-corrected chi connectivity index (χ4v) is 2.87. The lowest BCUT2D eigenvalue weighted by Crippen LogP contribution is -2.38. The van der Waals surface area contributed by atoms with Crippen LogP contribution in [0.15, 0.2) is 15.0 Å². The molecular formula is C15H18N4O3. The van der Waals surface area contributed by atoms with Crippen molar-refractivity contribution in [2.24, 2.45) is 0 Å². The largest absolute Gasteiger partial charge is 0.425 e. The molecule has 0 radical (unpaired) electrons. The Morgan fingerprint density at radius 3 is 2.32 bits per heavy atom. The van der Waals surface area contributed by atoms with Crippen LogP contribution in [0.4, 0.5) is 0 Å². The van der Waals surface area contributed by atoms with Gasteiger partial charge in [0.2, 0.25) is 11.8 Å². The van der Waals surface area contributed by atoms with Gasteiger partial charge in [-0.3, -0.25) is 4.79 Å². The van der Waals surface area contributed by atoms with Gasteiger partial charge in [0.25, 0.3) is 5.91 Å². The van der Waals surface area contributed by atoms with Crippen LogP contribution in [0.5, 0.6) is 0 Å². The van der Waals surface area contributed by atoms with E-state index in [0.29, 0.717) is 30.5 Å². The van der Waals surface area contributed by atoms with Gasteiger partial charge in [-0.2, -0.15) is 0 Å². The van der Waals surface area contributed by atoms with Crippen LogP contribution < -0.4 is 0 Å². The first-order chi connectivity index (χ1) is 10.7. The monoisotopic (exact) mass is 302 g/mol. The van der Waals surface area contributed by atoms with Gasteiger partial charge in [-0.1, -0.05) is 5.16 Å². The van der Waals surface area contributed by atoms with E-state index in [0.717, 1.165) is 37.5 Å². The van der Waals surface area contributed by atoms with Gasteiger partial charge < -0.3 is 13.8 Å². The first kappa shape index (κ1) is 13.5. The van der Waals surface area contributed by atoms with Gasteiger partial charge in [-0.05, 0) is 32.6 Å². The Morgan fingerprint density at radius 2 is 1.77 bits per heavy atom. The maximum atomic E-state index is 12.3. The van der Waals surface area contributed by atoms with Crippen LogP contribution >= 0.6 is 0 Å². The average molecular weight is 302 g/mol. The summed E-state index contributed by atoms with van der Waals surface area (Å²) < 4.78 is 10.7. The summed E-state index contributed by atoms with van der Waals surface area (Å²) in [5.74, 6) is 2.83. The molecule has 1 aliphatic heterocycles. The highest BCUT2D eigenvalue weighted by molar-refractivity contribution is 5.92. The molecule has 0 atom stereocenters. The lowest BCUT2D eigenvalue weighted by atomic mass is 9.96. The van der Waals surface area contributed by atoms with E-state index in [4.69, 9.17) is 8.94 Å². The molecule has 1 saturated carbocycles. The topological polar surface area (TPSA) is 85.3 Å². The molecule has 0 aromatic carbocycles. The number of amides is 1. The molecular weight excluding hydrogens is 284 g/mol. The average Bonchev–Trinajstić information content (AvgIpc) is 3.11. The molecule has 0 spiro atoms. The number of rotatable bonds is 3. The van der Waals surface area contributed by atoms with Crippen LogP contribution in [0.25, 0.3) is 0 Å². The van der Waals surface area contributed by atoms with Crippen LogP contribution in [-0.4, -0.2) is 39.3 Å². The van der Waals surface area contributed by atoms with Crippen LogP contribution in [-0.2, 0) is 0 Å². The zero-order valence-electron chi connectivity index (χ0n) is 12.5. The number of piperidine rings is 1. The van der Waals surface area contributed by atoms with Crippen LogP contribution in [0.2, 0.25) is 0 Å². The Morgan fingerprint density at radius 1 is 1.14 bits per heavy atom. The zero-order valence-corrected chi connectivity index (χ0v) is 12.5. The minimum Gasteiger partial charge on any atom is -0.425 e. The van der Waals surface area contributed by atoms with E-state index < -0.39 is 0 Å². The molecule has 1 saturated heterocycles. The van der Waals surface area contributed by atoms with Crippen molar-refractivity contribution in [3.63, 3.8) is 0 Å². The Kier molecular flexibility index (Phi) is 3.20. The molecule has 2 fully saturated rings. The van der Waals surface area contributed by atoms with E-state index in [1.807, 2.05) is 4.90 Å². The van der Waals surface area contributed by atoms with E-state index in [2.05, 4.69) is 15.4 Å². The number of carbonyl (C=O) groups is 1. The quantitative estimate of drug-likeness (QED) is 0.864. The fourth-order valence-electron chi connectivity index (χ4n) is 2.87. The van der Waals surface area contributed by atoms with Crippen molar-refractivity contribution in [1.29, 1.82) is 0 Å². The third-order valence-corrected chi connectivity index (χ3v) is 4.36. The van der Waals surface area contributed by atoms with Crippen molar-refractivity contribution in [3.8, 4) is 0 Å². The molecule has 4 rings (SSSR count). The molecule has 1 amide bonds. The summed E-state index contributed by atoms with van der Waals surface area (Å²) in [6, 6.07) is 1.67. The summed E-state index contributed by atoms with van der Waals surface area (Å²) >= 11 is 0. The molecule has 116 valence electrons. The van der Waals surface area contributed by atoms with E-state index in [9.17, 15) is 4.79 Å². The molecule has 2 aliphatic rings. The van der Waals surface area contributed by atoms with Gasteiger partial charge in [0.1, 0.15) is 5.76 Å². The highest BCUT2D eigenvalue weighted by atomic mass is 16.5. The summed E-state index contributed by atoms with van der Waals surface area (Å²) in [4.78, 5) is 14.1. The SMILES string of the molecule is Cc1cc(C(=O)N2CCC(c3nnc(C4CC4)o3)CC2)no1. The number of hydrogen-bond acceptors (Lipinski definition) is 6. The lowest BCUT2D eigenvalue weighted by molar-refractivity contribution is 0.0695. The third kappa shape index (κ3) is 2.51. The normalized spacial score (nSPS) is 19.6. The fraction of sp³-hybridized carbons (Fsp3) is 0.600. The minimum atomic E-state index is -0.0699. The van der Waals surface area contributed by atoms with Crippen LogP contribution in [0, 0.1) is 6.92 Å². The Bertz CT molecular complexity index is 681. The maximum Gasteiger partial charge on any atom is 0.276 e. The van der Waals surface area contributed by atoms with Crippen molar-refractivity contribution in [3.05, 3.63) is 29.3 Å². The van der Waals surface area contributed by atoms with Gasteiger partial charge in [-0.25, -0.2) is 0 Å². The van der Waals surface area contributed by atoms with Gasteiger partial charge >= 0.3 is 0 Å². The lowest BCUT2D eigenvalue weighted by Gasteiger charge is -2.29. The molecule has 2 aromatic heterocycles. The summed E-state index contributed by atoms with van der Waals surface area (Å²) in [7, 11) is 0. The number of aryl methyl sites for hydroxylation is 1. The molecule has 3 heterocycles. The van der Waals surface area contributed by atoms with Crippen molar-refractivity contribution in [1.82, 2.24) is 20.3 Å². The second-order valence-corrected chi connectivity index (χ2v) is 6.14. The van der Waals surface area contributed by atoms with Crippen LogP contribution in [0.3, 0.4) is 0 Å². The molecule has 7 heteroatoms. The number of aromatic nitrogens is 3. The van der Waals surface area contributed by atoms with Crippen molar-refractivity contribution >= 4 is 5.91 Å². The predicted molar refractivity (Wildman–Crippen MR) is 75.4 cm³/mol. The second kappa shape index (κ2) is 5.23. The van der Waals surface area contributed by atoms with Gasteiger partial charge in [0.15, 0.2) is 5.69 Å². The second-order valence-electron chi connectivity index (χ2n) is 6.14. The molecule has 0 N–H and O–H groups in total. The van der Waals surface area contributed by atoms with E-state index in [-0.39, 0.29) is 11.8 Å². The summed E-state index contributed by atoms with van der Waals surface area (Å²) in [6.07, 6.45) is 4.00. The molecule has 0 bridgehead atoms. The van der Waals surface area contributed by atoms with E-state index in [1.54, 1.807) is 13.0 Å². The van der Waals surface area contributed by atoms with E-state index >= 15 is 0 Å². The van der Waals surface area contributed by atoms with Gasteiger partial charge in [0, 0.05) is 31.0 Å². The van der Waals surface area contributed by atoms with Crippen molar-refractivity contribution < 1.29 is 13.7 Å².